The summed E-state index contributed by atoms with van der Waals surface area (Å²) >= 11 is 0. The van der Waals surface area contributed by atoms with Crippen molar-refractivity contribution in [3.8, 4) is 11.4 Å². The van der Waals surface area contributed by atoms with E-state index in [1.54, 1.807) is 11.8 Å². The van der Waals surface area contributed by atoms with E-state index in [0.717, 1.165) is 47.5 Å². The van der Waals surface area contributed by atoms with Crippen LogP contribution in [-0.2, 0) is 6.42 Å². The molecule has 0 amide bonds. The van der Waals surface area contributed by atoms with Crippen LogP contribution in [0.15, 0.2) is 66.3 Å². The third-order valence-corrected chi connectivity index (χ3v) is 6.44. The summed E-state index contributed by atoms with van der Waals surface area (Å²) < 4.78 is 2.13. The van der Waals surface area contributed by atoms with Crippen molar-refractivity contribution in [2.24, 2.45) is 11.8 Å². The Morgan fingerprint density at radius 2 is 2.10 bits per heavy atom. The van der Waals surface area contributed by atoms with Gasteiger partial charge in [0.05, 0.1) is 12.0 Å². The first-order valence-electron chi connectivity index (χ1n) is 11.3. The number of fused-ring (bicyclic) bond motifs is 2. The molecule has 5 nitrogen and oxygen atoms in total. The smallest absolute Gasteiger partial charge is 0.164 e. The maximum absolute atomic E-state index is 4.93. The van der Waals surface area contributed by atoms with Gasteiger partial charge in [-0.3, -0.25) is 4.98 Å². The summed E-state index contributed by atoms with van der Waals surface area (Å²) in [6.45, 7) is 6.51. The molecule has 0 saturated carbocycles. The lowest BCUT2D eigenvalue weighted by molar-refractivity contribution is 0.555. The first-order valence-corrected chi connectivity index (χ1v) is 11.3. The van der Waals surface area contributed by atoms with Crippen molar-refractivity contribution in [1.82, 2.24) is 24.5 Å². The monoisotopic (exact) mass is 411 g/mol. The molecule has 5 rings (SSSR count). The van der Waals surface area contributed by atoms with E-state index in [0.29, 0.717) is 17.9 Å². The van der Waals surface area contributed by atoms with Crippen molar-refractivity contribution in [2.45, 2.75) is 52.5 Å². The van der Waals surface area contributed by atoms with E-state index in [-0.39, 0.29) is 0 Å². The topological polar surface area (TPSA) is 56.5 Å². The third-order valence-electron chi connectivity index (χ3n) is 6.44. The van der Waals surface area contributed by atoms with E-state index in [1.165, 1.54) is 12.0 Å². The number of hydrogen-bond acceptors (Lipinski definition) is 4. The number of aromatic nitrogens is 5. The zero-order valence-electron chi connectivity index (χ0n) is 18.5. The van der Waals surface area contributed by atoms with Crippen molar-refractivity contribution >= 4 is 11.2 Å². The number of rotatable bonds is 6. The van der Waals surface area contributed by atoms with Crippen LogP contribution in [0.3, 0.4) is 0 Å². The average molecular weight is 412 g/mol. The zero-order valence-corrected chi connectivity index (χ0v) is 18.5. The van der Waals surface area contributed by atoms with Gasteiger partial charge in [-0.15, -0.1) is 0 Å². The largest absolute Gasteiger partial charge is 0.313 e. The van der Waals surface area contributed by atoms with Gasteiger partial charge in [0.2, 0.25) is 0 Å². The second-order valence-corrected chi connectivity index (χ2v) is 8.98. The molecule has 5 heteroatoms. The fraction of sp³-hybridized carbons (Fsp3) is 0.385. The molecule has 2 atom stereocenters. The lowest BCUT2D eigenvalue weighted by atomic mass is 9.84. The first kappa shape index (κ1) is 19.9. The number of pyridine rings is 1. The molecule has 0 N–H and O–H groups in total. The zero-order chi connectivity index (χ0) is 21.4. The quantitative estimate of drug-likeness (QED) is 0.476. The summed E-state index contributed by atoms with van der Waals surface area (Å²) in [6, 6.07) is 4.24. The van der Waals surface area contributed by atoms with Gasteiger partial charge in [-0.1, -0.05) is 35.5 Å². The Morgan fingerprint density at radius 3 is 2.90 bits per heavy atom. The molecule has 3 aromatic rings. The second kappa shape index (κ2) is 8.22. The van der Waals surface area contributed by atoms with Crippen LogP contribution in [-0.4, -0.2) is 24.5 Å². The van der Waals surface area contributed by atoms with E-state index in [9.17, 15) is 0 Å². The van der Waals surface area contributed by atoms with Crippen molar-refractivity contribution in [2.75, 3.05) is 0 Å². The molecule has 3 heterocycles. The van der Waals surface area contributed by atoms with Gasteiger partial charge in [-0.05, 0) is 64.5 Å². The van der Waals surface area contributed by atoms with Gasteiger partial charge in [0, 0.05) is 29.9 Å². The van der Waals surface area contributed by atoms with Gasteiger partial charge >= 0.3 is 0 Å². The van der Waals surface area contributed by atoms with Crippen LogP contribution in [0.2, 0.25) is 0 Å². The molecular weight excluding hydrogens is 382 g/mol. The minimum absolute atomic E-state index is 0.296. The fourth-order valence-electron chi connectivity index (χ4n) is 4.77. The second-order valence-electron chi connectivity index (χ2n) is 8.98. The molecule has 2 unspecified atom stereocenters. The summed E-state index contributed by atoms with van der Waals surface area (Å²) in [5.74, 6) is 1.97. The number of aryl methyl sites for hydroxylation is 1. The molecule has 0 fully saturated rings. The molecular formula is C26H29N5. The van der Waals surface area contributed by atoms with Gasteiger partial charge in [0.15, 0.2) is 11.5 Å². The number of imidazole rings is 1. The predicted molar refractivity (Wildman–Crippen MR) is 124 cm³/mol. The Bertz CT molecular complexity index is 1180. The first-order chi connectivity index (χ1) is 15.1. The normalized spacial score (nSPS) is 20.3. The molecule has 0 bridgehead atoms. The number of allylic oxidation sites excluding steroid dienone is 6. The van der Waals surface area contributed by atoms with Crippen LogP contribution in [0, 0.1) is 11.8 Å². The van der Waals surface area contributed by atoms with Crippen LogP contribution in [0.1, 0.15) is 51.8 Å². The van der Waals surface area contributed by atoms with E-state index in [1.807, 2.05) is 24.7 Å². The van der Waals surface area contributed by atoms with Crippen LogP contribution in [0.5, 0.6) is 0 Å². The SMILES string of the molecule is CC1=CC2C(CCCc3nc(-c4cccnc4)nc4c3ncn4C(C)C)=CCC2C=C1. The van der Waals surface area contributed by atoms with Gasteiger partial charge in [-0.25, -0.2) is 15.0 Å². The van der Waals surface area contributed by atoms with Crippen molar-refractivity contribution in [3.05, 3.63) is 72.0 Å². The molecule has 0 aliphatic heterocycles. The summed E-state index contributed by atoms with van der Waals surface area (Å²) in [7, 11) is 0. The molecule has 0 spiro atoms. The molecule has 0 aromatic carbocycles. The summed E-state index contributed by atoms with van der Waals surface area (Å²) in [4.78, 5) is 18.7. The van der Waals surface area contributed by atoms with Gasteiger partial charge < -0.3 is 4.57 Å². The summed E-state index contributed by atoms with van der Waals surface area (Å²) in [6.07, 6.45) is 19.3. The summed E-state index contributed by atoms with van der Waals surface area (Å²) in [5.41, 5.74) is 6.78. The fourth-order valence-corrected chi connectivity index (χ4v) is 4.77. The molecule has 2 aliphatic rings. The highest BCUT2D eigenvalue weighted by Gasteiger charge is 2.27. The minimum Gasteiger partial charge on any atom is -0.313 e. The molecule has 158 valence electrons. The Morgan fingerprint density at radius 1 is 1.19 bits per heavy atom. The van der Waals surface area contributed by atoms with E-state index >= 15 is 0 Å². The van der Waals surface area contributed by atoms with Crippen molar-refractivity contribution in [3.63, 3.8) is 0 Å². The van der Waals surface area contributed by atoms with E-state index in [4.69, 9.17) is 9.97 Å². The molecule has 0 saturated heterocycles. The molecule has 3 aromatic heterocycles. The molecule has 2 aliphatic carbocycles. The van der Waals surface area contributed by atoms with Crippen LogP contribution in [0.25, 0.3) is 22.6 Å². The lowest BCUT2D eigenvalue weighted by Gasteiger charge is -2.21. The van der Waals surface area contributed by atoms with Crippen LogP contribution in [0.4, 0.5) is 0 Å². The Balaban J connectivity index is 1.41. The Hall–Kier alpha value is -3.08. The van der Waals surface area contributed by atoms with Crippen molar-refractivity contribution in [1.29, 1.82) is 0 Å². The minimum atomic E-state index is 0.296. The standard InChI is InChI=1S/C26H29N5/c1-17(2)31-16-28-24-23(29-25(30-26(24)31)21-7-5-13-27-15-21)8-4-6-19-11-12-20-10-9-18(3)14-22(19)20/h5,7,9-11,13-17,20,22H,4,6,8,12H2,1-3H3. The van der Waals surface area contributed by atoms with Gasteiger partial charge in [0.1, 0.15) is 5.52 Å². The Kier molecular flexibility index (Phi) is 5.26. The Labute approximate surface area is 183 Å². The van der Waals surface area contributed by atoms with Crippen LogP contribution < -0.4 is 0 Å². The average Bonchev–Trinajstić information content (AvgIpc) is 3.38. The highest BCUT2D eigenvalue weighted by Crippen LogP contribution is 2.39. The van der Waals surface area contributed by atoms with Gasteiger partial charge in [-0.2, -0.15) is 0 Å². The summed E-state index contributed by atoms with van der Waals surface area (Å²) in [5, 5.41) is 0. The highest BCUT2D eigenvalue weighted by atomic mass is 15.1. The molecule has 0 radical (unpaired) electrons. The lowest BCUT2D eigenvalue weighted by Crippen LogP contribution is -2.10. The van der Waals surface area contributed by atoms with Gasteiger partial charge in [0.25, 0.3) is 0 Å². The highest BCUT2D eigenvalue weighted by molar-refractivity contribution is 5.76. The maximum Gasteiger partial charge on any atom is 0.164 e. The van der Waals surface area contributed by atoms with Crippen LogP contribution >= 0.6 is 0 Å². The third kappa shape index (κ3) is 3.85. The van der Waals surface area contributed by atoms with E-state index < -0.39 is 0 Å². The predicted octanol–water partition coefficient (Wildman–Crippen LogP) is 5.87. The van der Waals surface area contributed by atoms with Crippen molar-refractivity contribution < 1.29 is 0 Å². The number of nitrogens with zero attached hydrogens (tertiary/aromatic N) is 5. The molecule has 31 heavy (non-hydrogen) atoms. The maximum atomic E-state index is 4.93. The van der Waals surface area contributed by atoms with E-state index in [2.05, 4.69) is 59.6 Å². The number of hydrogen-bond donors (Lipinski definition) is 0.